The maximum Gasteiger partial charge on any atom is 0.183 e. The lowest BCUT2D eigenvalue weighted by atomic mass is 9.96. The van der Waals surface area contributed by atoms with Gasteiger partial charge >= 0.3 is 0 Å². The molecule has 5 rings (SSSR count). The number of hydrogen-bond donors (Lipinski definition) is 2. The maximum atomic E-state index is 12.8. The molecule has 0 amide bonds. The molecule has 2 N–H and O–H groups in total. The minimum Gasteiger partial charge on any atom is -0.361 e. The minimum absolute atomic E-state index is 0.0964. The van der Waals surface area contributed by atoms with Gasteiger partial charge in [0.25, 0.3) is 0 Å². The number of piperidine rings is 1. The van der Waals surface area contributed by atoms with Gasteiger partial charge in [-0.25, -0.2) is 4.98 Å². The third-order valence-corrected chi connectivity index (χ3v) is 6.66. The van der Waals surface area contributed by atoms with Gasteiger partial charge in [-0.1, -0.05) is 30.3 Å². The summed E-state index contributed by atoms with van der Waals surface area (Å²) in [6.45, 7) is 3.12. The van der Waals surface area contributed by atoms with Gasteiger partial charge in [-0.15, -0.1) is 11.3 Å². The van der Waals surface area contributed by atoms with Crippen molar-refractivity contribution in [3.8, 4) is 11.4 Å². The molecule has 7 heteroatoms. The average Bonchev–Trinajstić information content (AvgIpc) is 3.28. The van der Waals surface area contributed by atoms with Crippen LogP contribution >= 0.6 is 11.3 Å². The van der Waals surface area contributed by atoms with Crippen molar-refractivity contribution in [3.63, 3.8) is 0 Å². The van der Waals surface area contributed by atoms with Crippen molar-refractivity contribution in [2.75, 3.05) is 25.0 Å². The molecule has 0 atom stereocenters. The molecule has 2 aliphatic heterocycles. The highest BCUT2D eigenvalue weighted by Gasteiger charge is 2.24. The number of carbonyl (C=O) groups is 1. The second-order valence-electron chi connectivity index (χ2n) is 8.11. The third-order valence-electron chi connectivity index (χ3n) is 5.86. The van der Waals surface area contributed by atoms with Crippen LogP contribution in [0.5, 0.6) is 0 Å². The van der Waals surface area contributed by atoms with E-state index < -0.39 is 0 Å². The van der Waals surface area contributed by atoms with Gasteiger partial charge in [-0.2, -0.15) is 0 Å². The molecule has 0 saturated carbocycles. The molecule has 1 saturated heterocycles. The van der Waals surface area contributed by atoms with E-state index >= 15 is 0 Å². The third kappa shape index (κ3) is 4.57. The van der Waals surface area contributed by atoms with Gasteiger partial charge in [0.2, 0.25) is 0 Å². The average molecular weight is 432 g/mol. The Kier molecular flexibility index (Phi) is 5.86. The Labute approximate surface area is 185 Å². The minimum atomic E-state index is 0.0964. The number of pyridine rings is 1. The summed E-state index contributed by atoms with van der Waals surface area (Å²) in [6, 6.07) is 11.9. The summed E-state index contributed by atoms with van der Waals surface area (Å²) in [5.41, 5.74) is 4.77. The summed E-state index contributed by atoms with van der Waals surface area (Å²) < 4.78 is 0. The maximum absolute atomic E-state index is 12.8. The van der Waals surface area contributed by atoms with Crippen molar-refractivity contribution in [1.82, 2.24) is 15.3 Å². The molecule has 4 heterocycles. The zero-order valence-electron chi connectivity index (χ0n) is 17.3. The van der Waals surface area contributed by atoms with Gasteiger partial charge < -0.3 is 10.6 Å². The highest BCUT2D eigenvalue weighted by molar-refractivity contribution is 7.14. The molecule has 0 bridgehead atoms. The Morgan fingerprint density at radius 2 is 1.97 bits per heavy atom. The molecular weight excluding hydrogens is 406 g/mol. The fraction of sp³-hybridized carbons (Fsp3) is 0.333. The topological polar surface area (TPSA) is 79.3 Å². The Hall–Kier alpha value is -2.90. The van der Waals surface area contributed by atoms with Crippen molar-refractivity contribution < 1.29 is 4.79 Å². The molecule has 6 nitrogen and oxygen atoms in total. The summed E-state index contributed by atoms with van der Waals surface area (Å²) in [5, 5.41) is 9.78. The van der Waals surface area contributed by atoms with Crippen LogP contribution in [0.4, 0.5) is 10.8 Å². The first kappa shape index (κ1) is 20.0. The van der Waals surface area contributed by atoms with Crippen molar-refractivity contribution in [3.05, 3.63) is 59.1 Å². The van der Waals surface area contributed by atoms with Crippen LogP contribution in [0.15, 0.2) is 53.0 Å². The predicted molar refractivity (Wildman–Crippen MR) is 126 cm³/mol. The SMILES string of the molecule is O=C1CC(Cc2ccccc2)=Nc2c1ccnc2-c1csc(NCC2CCNCC2)n1. The molecule has 0 aliphatic carbocycles. The lowest BCUT2D eigenvalue weighted by Gasteiger charge is -2.22. The van der Waals surface area contributed by atoms with Gasteiger partial charge in [-0.3, -0.25) is 14.8 Å². The molecule has 31 heavy (non-hydrogen) atoms. The number of hydrogen-bond acceptors (Lipinski definition) is 7. The van der Waals surface area contributed by atoms with E-state index in [4.69, 9.17) is 9.98 Å². The van der Waals surface area contributed by atoms with Crippen molar-refractivity contribution in [1.29, 1.82) is 0 Å². The summed E-state index contributed by atoms with van der Waals surface area (Å²) >= 11 is 1.58. The van der Waals surface area contributed by atoms with Crippen LogP contribution < -0.4 is 10.6 Å². The predicted octanol–water partition coefficient (Wildman–Crippen LogP) is 4.52. The number of rotatable bonds is 6. The second kappa shape index (κ2) is 9.08. The molecule has 1 fully saturated rings. The number of nitrogens with one attached hydrogen (secondary N) is 2. The number of nitrogens with zero attached hydrogens (tertiary/aromatic N) is 3. The molecule has 2 aromatic heterocycles. The Morgan fingerprint density at radius 3 is 2.81 bits per heavy atom. The van der Waals surface area contributed by atoms with Crippen LogP contribution in [-0.2, 0) is 6.42 Å². The Bertz CT molecular complexity index is 1100. The second-order valence-corrected chi connectivity index (χ2v) is 8.97. The Morgan fingerprint density at radius 1 is 1.13 bits per heavy atom. The Balaban J connectivity index is 1.38. The highest BCUT2D eigenvalue weighted by atomic mass is 32.1. The number of Topliss-reactive ketones (excluding diaryl/α,β-unsaturated/α-hetero) is 1. The van der Waals surface area contributed by atoms with Crippen molar-refractivity contribution in [2.45, 2.75) is 25.7 Å². The number of ketones is 1. The first-order valence-electron chi connectivity index (χ1n) is 10.8. The van der Waals surface area contributed by atoms with E-state index in [1.807, 2.05) is 23.6 Å². The van der Waals surface area contributed by atoms with Gasteiger partial charge in [0, 0.05) is 42.2 Å². The lowest BCUT2D eigenvalue weighted by Crippen LogP contribution is -2.31. The van der Waals surface area contributed by atoms with Crippen LogP contribution in [0.1, 0.15) is 35.2 Å². The van der Waals surface area contributed by atoms with Crippen molar-refractivity contribution >= 4 is 33.7 Å². The normalized spacial score (nSPS) is 16.6. The van der Waals surface area contributed by atoms with Gasteiger partial charge in [0.05, 0.1) is 0 Å². The first-order valence-corrected chi connectivity index (χ1v) is 11.7. The van der Waals surface area contributed by atoms with E-state index in [0.29, 0.717) is 35.7 Å². The molecule has 0 spiro atoms. The standard InChI is InChI=1S/C24H25N5OS/c30-21-13-18(12-16-4-2-1-3-5-16)28-22-19(21)8-11-26-23(22)20-15-31-24(29-20)27-14-17-6-9-25-10-7-17/h1-5,8,11,15,17,25H,6-7,9-10,12-14H2,(H,27,29). The van der Waals surface area contributed by atoms with Crippen LogP contribution in [0, 0.1) is 5.92 Å². The number of anilines is 1. The number of carbonyl (C=O) groups excluding carboxylic acids is 1. The summed E-state index contributed by atoms with van der Waals surface area (Å²) in [5.74, 6) is 0.776. The van der Waals surface area contributed by atoms with Crippen LogP contribution in [0.2, 0.25) is 0 Å². The molecule has 0 radical (unpaired) electrons. The number of aliphatic imine (C=N–C) groups is 1. The summed E-state index contributed by atoms with van der Waals surface area (Å²) in [7, 11) is 0. The summed E-state index contributed by atoms with van der Waals surface area (Å²) in [4.78, 5) is 27.0. The van der Waals surface area contributed by atoms with E-state index in [1.165, 1.54) is 12.8 Å². The number of thiazole rings is 1. The lowest BCUT2D eigenvalue weighted by molar-refractivity contribution is 0.0999. The molecule has 0 unspecified atom stereocenters. The zero-order valence-corrected chi connectivity index (χ0v) is 18.1. The van der Waals surface area contributed by atoms with E-state index in [9.17, 15) is 4.79 Å². The summed E-state index contributed by atoms with van der Waals surface area (Å²) in [6.07, 6.45) is 5.09. The number of fused-ring (bicyclic) bond motifs is 1. The first-order chi connectivity index (χ1) is 15.3. The van der Waals surface area contributed by atoms with Crippen molar-refractivity contribution in [2.24, 2.45) is 10.9 Å². The largest absolute Gasteiger partial charge is 0.361 e. The highest BCUT2D eigenvalue weighted by Crippen LogP contribution is 2.36. The van der Waals surface area contributed by atoms with Crippen LogP contribution in [0.25, 0.3) is 11.4 Å². The quantitative estimate of drug-likeness (QED) is 0.600. The molecule has 3 aromatic rings. The van der Waals surface area contributed by atoms with Gasteiger partial charge in [-0.05, 0) is 43.5 Å². The van der Waals surface area contributed by atoms with Crippen LogP contribution in [-0.4, -0.2) is 41.1 Å². The molecule has 1 aromatic carbocycles. The van der Waals surface area contributed by atoms with Crippen LogP contribution in [0.3, 0.4) is 0 Å². The van der Waals surface area contributed by atoms with Gasteiger partial charge in [0.15, 0.2) is 10.9 Å². The smallest absolute Gasteiger partial charge is 0.183 e. The monoisotopic (exact) mass is 431 g/mol. The molecular formula is C24H25N5OS. The number of benzene rings is 1. The number of aromatic nitrogens is 2. The van der Waals surface area contributed by atoms with Gasteiger partial charge in [0.1, 0.15) is 17.1 Å². The van der Waals surface area contributed by atoms with E-state index in [-0.39, 0.29) is 5.78 Å². The zero-order chi connectivity index (χ0) is 21.0. The fourth-order valence-electron chi connectivity index (χ4n) is 4.17. The van der Waals surface area contributed by atoms with E-state index in [0.717, 1.165) is 41.7 Å². The fourth-order valence-corrected chi connectivity index (χ4v) is 4.88. The van der Waals surface area contributed by atoms with E-state index in [1.54, 1.807) is 23.6 Å². The molecule has 158 valence electrons. The molecule has 2 aliphatic rings. The van der Waals surface area contributed by atoms with E-state index in [2.05, 4.69) is 27.8 Å².